The number of likely N-dealkylation sites (tertiary alicyclic amines) is 2. The van der Waals surface area contributed by atoms with Crippen LogP contribution in [0.3, 0.4) is 0 Å². The average molecular weight is 280 g/mol. The molecule has 0 saturated carbocycles. The molecule has 5 nitrogen and oxygen atoms in total. The van der Waals surface area contributed by atoms with E-state index in [2.05, 4.69) is 6.58 Å². The van der Waals surface area contributed by atoms with Crippen molar-refractivity contribution < 1.29 is 14.3 Å². The highest BCUT2D eigenvalue weighted by atomic mass is 16.6. The van der Waals surface area contributed by atoms with Crippen molar-refractivity contribution in [3.63, 3.8) is 0 Å². The van der Waals surface area contributed by atoms with E-state index in [1.54, 1.807) is 4.90 Å². The van der Waals surface area contributed by atoms with Gasteiger partial charge in [0, 0.05) is 31.6 Å². The molecule has 5 heteroatoms. The number of hydrogen-bond donors (Lipinski definition) is 0. The molecule has 2 saturated heterocycles. The Labute approximate surface area is 120 Å². The summed E-state index contributed by atoms with van der Waals surface area (Å²) in [7, 11) is 0. The number of carbonyl (C=O) groups is 2. The molecule has 0 bridgehead atoms. The molecule has 20 heavy (non-hydrogen) atoms. The van der Waals surface area contributed by atoms with Crippen molar-refractivity contribution in [3.8, 4) is 0 Å². The number of ether oxygens (including phenoxy) is 1. The van der Waals surface area contributed by atoms with Crippen LogP contribution in [0.2, 0.25) is 0 Å². The molecule has 0 aromatic heterocycles. The van der Waals surface area contributed by atoms with Crippen molar-refractivity contribution >= 4 is 12.0 Å². The number of nitrogens with zero attached hydrogens (tertiary/aromatic N) is 2. The lowest BCUT2D eigenvalue weighted by Gasteiger charge is -2.27. The van der Waals surface area contributed by atoms with E-state index in [1.165, 1.54) is 6.08 Å². The van der Waals surface area contributed by atoms with Gasteiger partial charge in [-0.25, -0.2) is 4.79 Å². The van der Waals surface area contributed by atoms with Crippen LogP contribution >= 0.6 is 0 Å². The molecule has 1 atom stereocenters. The zero-order valence-corrected chi connectivity index (χ0v) is 12.6. The van der Waals surface area contributed by atoms with Gasteiger partial charge < -0.3 is 14.5 Å². The van der Waals surface area contributed by atoms with Crippen molar-refractivity contribution in [1.82, 2.24) is 9.80 Å². The number of hydrogen-bond acceptors (Lipinski definition) is 3. The fraction of sp³-hybridized carbons (Fsp3) is 0.733. The predicted molar refractivity (Wildman–Crippen MR) is 76.3 cm³/mol. The summed E-state index contributed by atoms with van der Waals surface area (Å²) in [6, 6.07) is 0. The molecule has 2 aliphatic rings. The minimum absolute atomic E-state index is 0.0161. The Morgan fingerprint density at radius 3 is 2.25 bits per heavy atom. The van der Waals surface area contributed by atoms with Gasteiger partial charge in [-0.3, -0.25) is 4.79 Å². The van der Waals surface area contributed by atoms with Gasteiger partial charge in [0.2, 0.25) is 5.91 Å². The molecule has 1 spiro atoms. The fourth-order valence-electron chi connectivity index (χ4n) is 3.00. The first-order chi connectivity index (χ1) is 9.25. The van der Waals surface area contributed by atoms with Crippen molar-refractivity contribution in [3.05, 3.63) is 12.7 Å². The zero-order valence-electron chi connectivity index (χ0n) is 12.6. The molecule has 0 radical (unpaired) electrons. The van der Waals surface area contributed by atoms with Gasteiger partial charge in [-0.05, 0) is 39.7 Å². The summed E-state index contributed by atoms with van der Waals surface area (Å²) in [5.74, 6) is -0.0161. The maximum absolute atomic E-state index is 12.1. The lowest BCUT2D eigenvalue weighted by molar-refractivity contribution is -0.125. The Kier molecular flexibility index (Phi) is 3.80. The van der Waals surface area contributed by atoms with E-state index in [0.29, 0.717) is 13.1 Å². The molecule has 0 unspecified atom stereocenters. The number of carbonyl (C=O) groups excluding carboxylic acids is 2. The third kappa shape index (κ3) is 3.14. The number of amides is 2. The minimum Gasteiger partial charge on any atom is -0.444 e. The van der Waals surface area contributed by atoms with Crippen LogP contribution in [0, 0.1) is 5.41 Å². The monoisotopic (exact) mass is 280 g/mol. The first-order valence-corrected chi connectivity index (χ1v) is 7.14. The lowest BCUT2D eigenvalue weighted by Crippen LogP contribution is -2.38. The normalized spacial score (nSPS) is 26.1. The molecule has 2 aliphatic heterocycles. The molecular formula is C15H24N2O3. The fourth-order valence-corrected chi connectivity index (χ4v) is 3.00. The molecule has 2 heterocycles. The van der Waals surface area contributed by atoms with Gasteiger partial charge in [-0.1, -0.05) is 6.58 Å². The van der Waals surface area contributed by atoms with E-state index >= 15 is 0 Å². The molecule has 0 aromatic carbocycles. The van der Waals surface area contributed by atoms with Crippen molar-refractivity contribution in [2.24, 2.45) is 5.41 Å². The molecular weight excluding hydrogens is 256 g/mol. The molecule has 0 aliphatic carbocycles. The summed E-state index contributed by atoms with van der Waals surface area (Å²) >= 11 is 0. The first kappa shape index (κ1) is 14.9. The smallest absolute Gasteiger partial charge is 0.410 e. The summed E-state index contributed by atoms with van der Waals surface area (Å²) in [5.41, 5.74) is -0.414. The van der Waals surface area contributed by atoms with Crippen molar-refractivity contribution in [1.29, 1.82) is 0 Å². The van der Waals surface area contributed by atoms with Gasteiger partial charge in [0.25, 0.3) is 0 Å². The van der Waals surface area contributed by atoms with Gasteiger partial charge in [-0.15, -0.1) is 0 Å². The summed E-state index contributed by atoms with van der Waals surface area (Å²) in [6.07, 6.45) is 3.00. The third-order valence-corrected chi connectivity index (χ3v) is 4.01. The van der Waals surface area contributed by atoms with Gasteiger partial charge in [-0.2, -0.15) is 0 Å². The largest absolute Gasteiger partial charge is 0.444 e. The quantitative estimate of drug-likeness (QED) is 0.691. The van der Waals surface area contributed by atoms with E-state index in [0.717, 1.165) is 25.9 Å². The topological polar surface area (TPSA) is 49.9 Å². The highest BCUT2D eigenvalue weighted by Crippen LogP contribution is 2.39. The van der Waals surface area contributed by atoms with Crippen LogP contribution in [0.5, 0.6) is 0 Å². The third-order valence-electron chi connectivity index (χ3n) is 4.01. The van der Waals surface area contributed by atoms with Crippen LogP contribution in [-0.2, 0) is 9.53 Å². The van der Waals surface area contributed by atoms with Crippen LogP contribution < -0.4 is 0 Å². The van der Waals surface area contributed by atoms with Crippen LogP contribution in [0.1, 0.15) is 33.6 Å². The van der Waals surface area contributed by atoms with Gasteiger partial charge in [0.1, 0.15) is 5.60 Å². The first-order valence-electron chi connectivity index (χ1n) is 7.14. The van der Waals surface area contributed by atoms with E-state index < -0.39 is 5.60 Å². The Balaban J connectivity index is 1.94. The Morgan fingerprint density at radius 2 is 1.70 bits per heavy atom. The van der Waals surface area contributed by atoms with E-state index in [1.807, 2.05) is 25.7 Å². The summed E-state index contributed by atoms with van der Waals surface area (Å²) in [4.78, 5) is 27.3. The summed E-state index contributed by atoms with van der Waals surface area (Å²) < 4.78 is 5.41. The van der Waals surface area contributed by atoms with Crippen LogP contribution in [0.25, 0.3) is 0 Å². The molecule has 2 rings (SSSR count). The van der Waals surface area contributed by atoms with Crippen LogP contribution in [0.15, 0.2) is 12.7 Å². The summed E-state index contributed by atoms with van der Waals surface area (Å²) in [6.45, 7) is 12.0. The Bertz CT molecular complexity index is 427. The molecule has 0 N–H and O–H groups in total. The van der Waals surface area contributed by atoms with Crippen LogP contribution in [0.4, 0.5) is 4.79 Å². The molecule has 112 valence electrons. The Morgan fingerprint density at radius 1 is 1.15 bits per heavy atom. The van der Waals surface area contributed by atoms with Crippen LogP contribution in [-0.4, -0.2) is 53.6 Å². The van der Waals surface area contributed by atoms with Gasteiger partial charge in [0.15, 0.2) is 0 Å². The minimum atomic E-state index is -0.465. The average Bonchev–Trinajstić information content (AvgIpc) is 2.95. The van der Waals surface area contributed by atoms with Crippen molar-refractivity contribution in [2.45, 2.75) is 39.2 Å². The second-order valence-corrected chi connectivity index (χ2v) is 6.87. The second-order valence-electron chi connectivity index (χ2n) is 6.87. The van der Waals surface area contributed by atoms with Gasteiger partial charge >= 0.3 is 6.09 Å². The van der Waals surface area contributed by atoms with E-state index in [4.69, 9.17) is 4.74 Å². The van der Waals surface area contributed by atoms with Crippen molar-refractivity contribution in [2.75, 3.05) is 26.2 Å². The highest BCUT2D eigenvalue weighted by molar-refractivity contribution is 5.87. The highest BCUT2D eigenvalue weighted by Gasteiger charge is 2.46. The molecule has 2 fully saturated rings. The molecule has 2 amide bonds. The second kappa shape index (κ2) is 5.11. The lowest BCUT2D eigenvalue weighted by atomic mass is 9.86. The maximum Gasteiger partial charge on any atom is 0.410 e. The Hall–Kier alpha value is -1.52. The SMILES string of the molecule is C=CC(=O)N1CC[C@]2(CCN(C(=O)OC(C)(C)C)C2)C1. The van der Waals surface area contributed by atoms with E-state index in [9.17, 15) is 9.59 Å². The maximum atomic E-state index is 12.1. The number of rotatable bonds is 1. The predicted octanol–water partition coefficient (Wildman–Crippen LogP) is 2.03. The van der Waals surface area contributed by atoms with Gasteiger partial charge in [0.05, 0.1) is 0 Å². The standard InChI is InChI=1S/C15H24N2O3/c1-5-12(18)16-8-6-15(10-16)7-9-17(11-15)13(19)20-14(2,3)4/h5H,1,6-11H2,2-4H3/t15-/m0/s1. The zero-order chi connectivity index (χ0) is 15.0. The summed E-state index contributed by atoms with van der Waals surface area (Å²) in [5, 5.41) is 0. The van der Waals surface area contributed by atoms with E-state index in [-0.39, 0.29) is 17.4 Å². The molecule has 0 aromatic rings.